The molecule has 3 aromatic carbocycles. The summed E-state index contributed by atoms with van der Waals surface area (Å²) < 4.78 is 5.36. The zero-order valence-corrected chi connectivity index (χ0v) is 15.9. The summed E-state index contributed by atoms with van der Waals surface area (Å²) in [5, 5.41) is 14.0. The van der Waals surface area contributed by atoms with Crippen LogP contribution >= 0.6 is 11.8 Å². The van der Waals surface area contributed by atoms with Crippen LogP contribution in [-0.4, -0.2) is 31.4 Å². The molecule has 1 aliphatic rings. The smallest absolute Gasteiger partial charge is 0.141 e. The molecule has 0 aliphatic carbocycles. The number of nitrogens with zero attached hydrogens (tertiary/aromatic N) is 1. The molecule has 0 aromatic heterocycles. The Kier molecular flexibility index (Phi) is 5.23. The zero-order chi connectivity index (χ0) is 18.6. The molecule has 0 saturated heterocycles. The van der Waals surface area contributed by atoms with Crippen molar-refractivity contribution in [2.75, 3.05) is 30.4 Å². The van der Waals surface area contributed by atoms with Crippen LogP contribution in [0.5, 0.6) is 5.75 Å². The van der Waals surface area contributed by atoms with E-state index in [2.05, 4.69) is 46.6 Å². The molecule has 0 spiro atoms. The monoisotopic (exact) mass is 378 g/mol. The van der Waals surface area contributed by atoms with Crippen LogP contribution in [0.1, 0.15) is 0 Å². The van der Waals surface area contributed by atoms with Gasteiger partial charge in [-0.15, -0.1) is 0 Å². The van der Waals surface area contributed by atoms with Crippen LogP contribution in [-0.2, 0) is 0 Å². The van der Waals surface area contributed by atoms with E-state index < -0.39 is 6.10 Å². The van der Waals surface area contributed by atoms with Gasteiger partial charge in [-0.2, -0.15) is 0 Å². The van der Waals surface area contributed by atoms with Crippen LogP contribution in [0.15, 0.2) is 82.6 Å². The summed E-state index contributed by atoms with van der Waals surface area (Å²) in [6, 6.07) is 24.4. The summed E-state index contributed by atoms with van der Waals surface area (Å²) >= 11 is 1.77. The molecule has 0 radical (unpaired) electrons. The van der Waals surface area contributed by atoms with Crippen molar-refractivity contribution in [3.8, 4) is 5.75 Å². The van der Waals surface area contributed by atoms with Gasteiger partial charge < -0.3 is 20.1 Å². The molecule has 5 heteroatoms. The van der Waals surface area contributed by atoms with Gasteiger partial charge in [0.1, 0.15) is 5.75 Å². The maximum absolute atomic E-state index is 10.7. The van der Waals surface area contributed by atoms with E-state index in [1.807, 2.05) is 36.4 Å². The minimum Gasteiger partial charge on any atom is -0.495 e. The van der Waals surface area contributed by atoms with Crippen LogP contribution in [0.3, 0.4) is 0 Å². The summed E-state index contributed by atoms with van der Waals surface area (Å²) in [5.74, 6) is 0.773. The minimum atomic E-state index is -0.542. The highest BCUT2D eigenvalue weighted by Gasteiger charge is 2.24. The Morgan fingerprint density at radius 3 is 2.19 bits per heavy atom. The lowest BCUT2D eigenvalue weighted by molar-refractivity contribution is 0.195. The number of rotatable bonds is 6. The van der Waals surface area contributed by atoms with E-state index in [4.69, 9.17) is 4.74 Å². The molecule has 0 unspecified atom stereocenters. The molecule has 0 saturated carbocycles. The summed E-state index contributed by atoms with van der Waals surface area (Å²) in [6.45, 7) is 0.949. The summed E-state index contributed by atoms with van der Waals surface area (Å²) in [4.78, 5) is 4.62. The van der Waals surface area contributed by atoms with Crippen molar-refractivity contribution in [3.05, 3.63) is 72.8 Å². The first-order valence-corrected chi connectivity index (χ1v) is 9.76. The Morgan fingerprint density at radius 1 is 0.926 bits per heavy atom. The minimum absolute atomic E-state index is 0.439. The Balaban J connectivity index is 1.52. The van der Waals surface area contributed by atoms with E-state index in [9.17, 15) is 5.11 Å². The molecular weight excluding hydrogens is 356 g/mol. The van der Waals surface area contributed by atoms with Gasteiger partial charge in [0.2, 0.25) is 0 Å². The number of methoxy groups -OCH3 is 1. The highest BCUT2D eigenvalue weighted by atomic mass is 32.2. The maximum Gasteiger partial charge on any atom is 0.141 e. The summed E-state index contributed by atoms with van der Waals surface area (Å²) in [6.07, 6.45) is -0.542. The van der Waals surface area contributed by atoms with Gasteiger partial charge in [-0.3, -0.25) is 0 Å². The molecule has 4 nitrogen and oxygen atoms in total. The Hall–Kier alpha value is -2.63. The van der Waals surface area contributed by atoms with Crippen molar-refractivity contribution in [2.45, 2.75) is 15.9 Å². The molecule has 138 valence electrons. The second-order valence-electron chi connectivity index (χ2n) is 6.38. The molecule has 0 fully saturated rings. The highest BCUT2D eigenvalue weighted by Crippen LogP contribution is 2.47. The van der Waals surface area contributed by atoms with Gasteiger partial charge in [0.05, 0.1) is 36.8 Å². The number of ether oxygens (including phenoxy) is 1. The third-order valence-corrected chi connectivity index (χ3v) is 5.69. The molecule has 0 bridgehead atoms. The van der Waals surface area contributed by atoms with Crippen LogP contribution in [0.2, 0.25) is 0 Å². The first-order chi connectivity index (χ1) is 13.3. The van der Waals surface area contributed by atoms with Crippen LogP contribution in [0.25, 0.3) is 0 Å². The number of anilines is 3. The number of aliphatic hydroxyl groups is 1. The first-order valence-electron chi connectivity index (χ1n) is 8.94. The predicted molar refractivity (Wildman–Crippen MR) is 112 cm³/mol. The molecule has 0 amide bonds. The summed E-state index contributed by atoms with van der Waals surface area (Å²) in [7, 11) is 1.65. The third-order valence-electron chi connectivity index (χ3n) is 4.56. The van der Waals surface area contributed by atoms with Crippen molar-refractivity contribution >= 4 is 28.8 Å². The lowest BCUT2D eigenvalue weighted by atomic mass is 10.2. The quantitative estimate of drug-likeness (QED) is 0.647. The van der Waals surface area contributed by atoms with E-state index in [-0.39, 0.29) is 0 Å². The van der Waals surface area contributed by atoms with E-state index in [1.165, 1.54) is 9.79 Å². The Labute approximate surface area is 163 Å². The fourth-order valence-corrected chi connectivity index (χ4v) is 4.37. The molecule has 27 heavy (non-hydrogen) atoms. The van der Waals surface area contributed by atoms with Gasteiger partial charge >= 0.3 is 0 Å². The fraction of sp³-hybridized carbons (Fsp3) is 0.182. The number of benzene rings is 3. The van der Waals surface area contributed by atoms with Gasteiger partial charge in [-0.25, -0.2) is 0 Å². The first kappa shape index (κ1) is 17.8. The molecule has 4 rings (SSSR count). The molecule has 3 aromatic rings. The normalized spacial score (nSPS) is 13.5. The zero-order valence-electron chi connectivity index (χ0n) is 15.1. The largest absolute Gasteiger partial charge is 0.495 e. The van der Waals surface area contributed by atoms with Crippen molar-refractivity contribution in [3.63, 3.8) is 0 Å². The van der Waals surface area contributed by atoms with Gasteiger partial charge in [0.25, 0.3) is 0 Å². The maximum atomic E-state index is 10.7. The van der Waals surface area contributed by atoms with Crippen molar-refractivity contribution < 1.29 is 9.84 Å². The number of hydrogen-bond acceptors (Lipinski definition) is 5. The number of para-hydroxylation sites is 4. The van der Waals surface area contributed by atoms with Crippen LogP contribution in [0, 0.1) is 0 Å². The molecule has 2 N–H and O–H groups in total. The predicted octanol–water partition coefficient (Wildman–Crippen LogP) is 4.77. The van der Waals surface area contributed by atoms with E-state index in [0.29, 0.717) is 13.1 Å². The average molecular weight is 378 g/mol. The topological polar surface area (TPSA) is 44.7 Å². The molecule has 1 heterocycles. The highest BCUT2D eigenvalue weighted by molar-refractivity contribution is 7.99. The van der Waals surface area contributed by atoms with Crippen LogP contribution in [0.4, 0.5) is 17.1 Å². The van der Waals surface area contributed by atoms with Gasteiger partial charge in [0, 0.05) is 16.3 Å². The molecule has 1 atom stereocenters. The Bertz CT molecular complexity index is 886. The van der Waals surface area contributed by atoms with Crippen LogP contribution < -0.4 is 15.0 Å². The standard InChI is InChI=1S/C22H22N2O2S/c1-26-20-11-5-2-8-17(20)23-14-16(25)15-24-18-9-3-6-12-21(18)27-22-13-7-4-10-19(22)24/h2-13,16,23,25H,14-15H2,1H3/t16-/m0/s1. The second kappa shape index (κ2) is 7.94. The number of fused-ring (bicyclic) bond motifs is 2. The van der Waals surface area contributed by atoms with Crippen molar-refractivity contribution in [1.82, 2.24) is 0 Å². The van der Waals surface area contributed by atoms with Crippen molar-refractivity contribution in [2.24, 2.45) is 0 Å². The number of hydrogen-bond donors (Lipinski definition) is 2. The number of β-amino-alcohol motifs (C(OH)–C–C–N with tert-alkyl or cyclic N) is 1. The van der Waals surface area contributed by atoms with Crippen molar-refractivity contribution in [1.29, 1.82) is 0 Å². The fourth-order valence-electron chi connectivity index (χ4n) is 3.27. The van der Waals surface area contributed by atoms with Gasteiger partial charge in [-0.05, 0) is 36.4 Å². The Morgan fingerprint density at radius 2 is 1.52 bits per heavy atom. The average Bonchev–Trinajstić information content (AvgIpc) is 2.72. The van der Waals surface area contributed by atoms with E-state index >= 15 is 0 Å². The number of nitrogens with one attached hydrogen (secondary N) is 1. The third kappa shape index (κ3) is 3.75. The SMILES string of the molecule is COc1ccccc1NC[C@H](O)CN1c2ccccc2Sc2ccccc21. The lowest BCUT2D eigenvalue weighted by Gasteiger charge is -2.34. The molecular formula is C22H22N2O2S. The van der Waals surface area contributed by atoms with Gasteiger partial charge in [0.15, 0.2) is 0 Å². The lowest BCUT2D eigenvalue weighted by Crippen LogP contribution is -2.34. The number of aliphatic hydroxyl groups excluding tert-OH is 1. The summed E-state index contributed by atoms with van der Waals surface area (Å²) in [5.41, 5.74) is 3.16. The second-order valence-corrected chi connectivity index (χ2v) is 7.47. The van der Waals surface area contributed by atoms with Gasteiger partial charge in [-0.1, -0.05) is 48.2 Å². The van der Waals surface area contributed by atoms with E-state index in [1.54, 1.807) is 18.9 Å². The van der Waals surface area contributed by atoms with E-state index in [0.717, 1.165) is 22.8 Å². The molecule has 1 aliphatic heterocycles.